The molecule has 0 fully saturated rings. The number of hydrogen-bond acceptors (Lipinski definition) is 3. The van der Waals surface area contributed by atoms with Crippen molar-refractivity contribution in [1.82, 2.24) is 10.4 Å². The van der Waals surface area contributed by atoms with E-state index in [4.69, 9.17) is 5.84 Å². The topological polar surface area (TPSA) is 68.0 Å². The second-order valence-corrected chi connectivity index (χ2v) is 3.25. The number of nitrogen functional groups attached to an aromatic ring is 1. The van der Waals surface area contributed by atoms with E-state index in [1.807, 2.05) is 24.3 Å². The van der Waals surface area contributed by atoms with Crippen LogP contribution in [0.4, 0.5) is 0 Å². The van der Waals surface area contributed by atoms with Gasteiger partial charge in [-0.15, -0.1) is 0 Å². The van der Waals surface area contributed by atoms with Crippen molar-refractivity contribution in [3.8, 4) is 11.1 Å². The molecule has 1 aromatic heterocycles. The van der Waals surface area contributed by atoms with E-state index in [2.05, 4.69) is 10.4 Å². The molecule has 0 saturated carbocycles. The molecule has 3 N–H and O–H groups in total. The Balaban J connectivity index is 2.53. The number of hydrazine groups is 1. The Kier molecular flexibility index (Phi) is 2.93. The monoisotopic (exact) mass is 213 g/mol. The Bertz CT molecular complexity index is 497. The van der Waals surface area contributed by atoms with Crippen LogP contribution in [0.5, 0.6) is 0 Å². The maximum Gasteiger partial charge on any atom is 0.265 e. The molecule has 1 heterocycles. The fourth-order valence-corrected chi connectivity index (χ4v) is 1.54. The minimum Gasteiger partial charge on any atom is -0.290 e. The number of rotatable bonds is 2. The summed E-state index contributed by atoms with van der Waals surface area (Å²) in [7, 11) is 0. The molecule has 4 heteroatoms. The molecule has 1 amide bonds. The van der Waals surface area contributed by atoms with Crippen LogP contribution >= 0.6 is 0 Å². The van der Waals surface area contributed by atoms with E-state index in [-0.39, 0.29) is 5.91 Å². The van der Waals surface area contributed by atoms with Gasteiger partial charge in [0.2, 0.25) is 0 Å². The van der Waals surface area contributed by atoms with Crippen molar-refractivity contribution in [3.63, 3.8) is 0 Å². The maximum atomic E-state index is 11.6. The summed E-state index contributed by atoms with van der Waals surface area (Å²) in [5, 5.41) is 0. The minimum atomic E-state index is -0.299. The van der Waals surface area contributed by atoms with Crippen LogP contribution < -0.4 is 11.3 Å². The van der Waals surface area contributed by atoms with Crippen LogP contribution in [-0.2, 0) is 0 Å². The first-order valence-electron chi connectivity index (χ1n) is 4.83. The van der Waals surface area contributed by atoms with Crippen LogP contribution in [0.15, 0.2) is 48.8 Å². The summed E-state index contributed by atoms with van der Waals surface area (Å²) in [6.45, 7) is 0. The molecule has 0 aliphatic rings. The van der Waals surface area contributed by atoms with Crippen molar-refractivity contribution in [1.29, 1.82) is 0 Å². The lowest BCUT2D eigenvalue weighted by Crippen LogP contribution is -2.30. The van der Waals surface area contributed by atoms with Gasteiger partial charge in [-0.3, -0.25) is 15.2 Å². The van der Waals surface area contributed by atoms with Gasteiger partial charge in [0.1, 0.15) is 0 Å². The van der Waals surface area contributed by atoms with Crippen molar-refractivity contribution < 1.29 is 4.79 Å². The van der Waals surface area contributed by atoms with Crippen molar-refractivity contribution in [2.45, 2.75) is 0 Å². The highest BCUT2D eigenvalue weighted by Crippen LogP contribution is 2.22. The van der Waals surface area contributed by atoms with Crippen molar-refractivity contribution in [2.75, 3.05) is 0 Å². The standard InChI is InChI=1S/C12H11N3O/c13-15-12(16)11-4-2-1-3-10(11)9-5-7-14-8-6-9/h1-8H,13H2,(H,15,16). The summed E-state index contributed by atoms with van der Waals surface area (Å²) >= 11 is 0. The zero-order valence-corrected chi connectivity index (χ0v) is 8.55. The van der Waals surface area contributed by atoms with E-state index >= 15 is 0 Å². The first kappa shape index (κ1) is 10.3. The van der Waals surface area contributed by atoms with Gasteiger partial charge in [0.25, 0.3) is 5.91 Å². The highest BCUT2D eigenvalue weighted by molar-refractivity contribution is 6.00. The van der Waals surface area contributed by atoms with Crippen molar-refractivity contribution >= 4 is 5.91 Å². The lowest BCUT2D eigenvalue weighted by molar-refractivity contribution is 0.0954. The summed E-state index contributed by atoms with van der Waals surface area (Å²) in [6.07, 6.45) is 3.37. The molecule has 2 rings (SSSR count). The summed E-state index contributed by atoms with van der Waals surface area (Å²) in [5.41, 5.74) is 4.47. The molecule has 0 atom stereocenters. The Labute approximate surface area is 93.1 Å². The van der Waals surface area contributed by atoms with Crippen LogP contribution in [0.25, 0.3) is 11.1 Å². The third-order valence-corrected chi connectivity index (χ3v) is 2.29. The zero-order chi connectivity index (χ0) is 11.4. The largest absolute Gasteiger partial charge is 0.290 e. The van der Waals surface area contributed by atoms with Crippen LogP contribution in [0.3, 0.4) is 0 Å². The number of amides is 1. The smallest absolute Gasteiger partial charge is 0.265 e. The molecule has 4 nitrogen and oxygen atoms in total. The van der Waals surface area contributed by atoms with E-state index < -0.39 is 0 Å². The first-order valence-corrected chi connectivity index (χ1v) is 4.83. The van der Waals surface area contributed by atoms with Gasteiger partial charge in [0.15, 0.2) is 0 Å². The number of aromatic nitrogens is 1. The number of nitrogens with two attached hydrogens (primary N) is 1. The summed E-state index contributed by atoms with van der Waals surface area (Å²) in [5.74, 6) is 4.84. The number of carbonyl (C=O) groups excluding carboxylic acids is 1. The molecular formula is C12H11N3O. The highest BCUT2D eigenvalue weighted by atomic mass is 16.2. The molecule has 1 aromatic carbocycles. The van der Waals surface area contributed by atoms with Gasteiger partial charge in [0, 0.05) is 18.0 Å². The maximum absolute atomic E-state index is 11.6. The van der Waals surface area contributed by atoms with Crippen LogP contribution in [0, 0.1) is 0 Å². The molecule has 2 aromatic rings. The number of benzene rings is 1. The quantitative estimate of drug-likeness (QED) is 0.449. The summed E-state index contributed by atoms with van der Waals surface area (Å²) in [4.78, 5) is 15.5. The van der Waals surface area contributed by atoms with E-state index in [9.17, 15) is 4.79 Å². The minimum absolute atomic E-state index is 0.299. The van der Waals surface area contributed by atoms with Crippen molar-refractivity contribution in [3.05, 3.63) is 54.4 Å². The van der Waals surface area contributed by atoms with Crippen molar-refractivity contribution in [2.24, 2.45) is 5.84 Å². The van der Waals surface area contributed by atoms with E-state index in [1.54, 1.807) is 24.5 Å². The van der Waals surface area contributed by atoms with Gasteiger partial charge in [-0.2, -0.15) is 0 Å². The molecule has 0 saturated heterocycles. The van der Waals surface area contributed by atoms with Gasteiger partial charge >= 0.3 is 0 Å². The number of nitrogens with zero attached hydrogens (tertiary/aromatic N) is 1. The number of hydrogen-bond donors (Lipinski definition) is 2. The molecule has 0 aliphatic carbocycles. The summed E-state index contributed by atoms with van der Waals surface area (Å²) < 4.78 is 0. The van der Waals surface area contributed by atoms with Crippen LogP contribution in [-0.4, -0.2) is 10.9 Å². The van der Waals surface area contributed by atoms with Gasteiger partial charge in [-0.25, -0.2) is 5.84 Å². The fourth-order valence-electron chi connectivity index (χ4n) is 1.54. The third-order valence-electron chi connectivity index (χ3n) is 2.29. The molecule has 0 unspecified atom stereocenters. The molecule has 0 radical (unpaired) electrons. The van der Waals surface area contributed by atoms with Crippen LogP contribution in [0.2, 0.25) is 0 Å². The number of pyridine rings is 1. The second-order valence-electron chi connectivity index (χ2n) is 3.25. The van der Waals surface area contributed by atoms with Gasteiger partial charge < -0.3 is 0 Å². The lowest BCUT2D eigenvalue weighted by atomic mass is 10.0. The molecular weight excluding hydrogens is 202 g/mol. The van der Waals surface area contributed by atoms with E-state index in [0.29, 0.717) is 5.56 Å². The average Bonchev–Trinajstić information content (AvgIpc) is 2.39. The Hall–Kier alpha value is -2.20. The predicted molar refractivity (Wildman–Crippen MR) is 61.3 cm³/mol. The predicted octanol–water partition coefficient (Wildman–Crippen LogP) is 1.35. The van der Waals surface area contributed by atoms with Gasteiger partial charge in [-0.1, -0.05) is 18.2 Å². The Morgan fingerprint density at radius 2 is 1.81 bits per heavy atom. The highest BCUT2D eigenvalue weighted by Gasteiger charge is 2.10. The molecule has 0 aliphatic heterocycles. The Morgan fingerprint density at radius 3 is 2.50 bits per heavy atom. The normalized spacial score (nSPS) is 9.81. The lowest BCUT2D eigenvalue weighted by Gasteiger charge is -2.07. The van der Waals surface area contributed by atoms with Gasteiger partial charge in [-0.05, 0) is 29.3 Å². The summed E-state index contributed by atoms with van der Waals surface area (Å²) in [6, 6.07) is 11.0. The van der Waals surface area contributed by atoms with Gasteiger partial charge in [0.05, 0.1) is 0 Å². The van der Waals surface area contributed by atoms with E-state index in [1.165, 1.54) is 0 Å². The second kappa shape index (κ2) is 4.55. The molecule has 80 valence electrons. The third kappa shape index (κ3) is 1.92. The number of carbonyl (C=O) groups is 1. The zero-order valence-electron chi connectivity index (χ0n) is 8.55. The SMILES string of the molecule is NNC(=O)c1ccccc1-c1ccncc1. The first-order chi connectivity index (χ1) is 7.83. The number of nitrogens with one attached hydrogen (secondary N) is 1. The Morgan fingerprint density at radius 1 is 1.12 bits per heavy atom. The van der Waals surface area contributed by atoms with E-state index in [0.717, 1.165) is 11.1 Å². The fraction of sp³-hybridized carbons (Fsp3) is 0. The molecule has 0 bridgehead atoms. The molecule has 0 spiro atoms. The average molecular weight is 213 g/mol. The molecule has 16 heavy (non-hydrogen) atoms. The van der Waals surface area contributed by atoms with Crippen LogP contribution in [0.1, 0.15) is 10.4 Å².